The Morgan fingerprint density at radius 2 is 1.53 bits per heavy atom. The van der Waals surface area contributed by atoms with E-state index in [4.69, 9.17) is 9.47 Å². The van der Waals surface area contributed by atoms with Gasteiger partial charge >= 0.3 is 0 Å². The van der Waals surface area contributed by atoms with Crippen molar-refractivity contribution in [1.82, 2.24) is 5.32 Å². The molecule has 1 saturated carbocycles. The van der Waals surface area contributed by atoms with Crippen LogP contribution in [0, 0.1) is 5.41 Å². The van der Waals surface area contributed by atoms with Gasteiger partial charge in [-0.15, -0.1) is 12.4 Å². The van der Waals surface area contributed by atoms with Gasteiger partial charge in [-0.25, -0.2) is 0 Å². The average Bonchev–Trinajstić information content (AvgIpc) is 2.81. The first-order valence-corrected chi connectivity index (χ1v) is 5.81. The molecular formula is C11H20ClNO2. The third-order valence-corrected chi connectivity index (χ3v) is 4.22. The lowest BCUT2D eigenvalue weighted by Crippen LogP contribution is -2.40. The summed E-state index contributed by atoms with van der Waals surface area (Å²) < 4.78 is 11.5. The van der Waals surface area contributed by atoms with Crippen LogP contribution in [0.1, 0.15) is 32.1 Å². The summed E-state index contributed by atoms with van der Waals surface area (Å²) in [5, 5.41) is 3.48. The first-order chi connectivity index (χ1) is 6.83. The molecule has 1 N–H and O–H groups in total. The maximum Gasteiger partial charge on any atom is 0.168 e. The zero-order chi connectivity index (χ0) is 9.49. The van der Waals surface area contributed by atoms with E-state index in [1.54, 1.807) is 0 Å². The molecule has 2 spiro atoms. The van der Waals surface area contributed by atoms with Crippen LogP contribution in [0.15, 0.2) is 0 Å². The first-order valence-electron chi connectivity index (χ1n) is 5.81. The fraction of sp³-hybridized carbons (Fsp3) is 1.00. The van der Waals surface area contributed by atoms with Crippen molar-refractivity contribution in [3.63, 3.8) is 0 Å². The summed E-state index contributed by atoms with van der Waals surface area (Å²) in [6.07, 6.45) is 6.12. The topological polar surface area (TPSA) is 30.5 Å². The van der Waals surface area contributed by atoms with Crippen LogP contribution in [0.25, 0.3) is 0 Å². The molecule has 3 rings (SSSR count). The van der Waals surface area contributed by atoms with Crippen LogP contribution in [0.5, 0.6) is 0 Å². The molecule has 4 heteroatoms. The van der Waals surface area contributed by atoms with Crippen molar-refractivity contribution in [2.24, 2.45) is 5.41 Å². The van der Waals surface area contributed by atoms with Crippen molar-refractivity contribution < 1.29 is 9.47 Å². The predicted octanol–water partition coefficient (Wildman–Crippen LogP) is 1.70. The smallest absolute Gasteiger partial charge is 0.168 e. The molecule has 2 saturated heterocycles. The van der Waals surface area contributed by atoms with Crippen LogP contribution in [-0.2, 0) is 9.47 Å². The molecule has 0 aromatic rings. The normalized spacial score (nSPS) is 32.0. The zero-order valence-corrected chi connectivity index (χ0v) is 9.91. The Hall–Kier alpha value is 0.170. The monoisotopic (exact) mass is 233 g/mol. The van der Waals surface area contributed by atoms with Gasteiger partial charge in [-0.05, 0) is 31.2 Å². The molecule has 0 unspecified atom stereocenters. The van der Waals surface area contributed by atoms with Crippen LogP contribution in [-0.4, -0.2) is 32.1 Å². The summed E-state index contributed by atoms with van der Waals surface area (Å²) in [5.41, 5.74) is 0.584. The summed E-state index contributed by atoms with van der Waals surface area (Å²) in [4.78, 5) is 0. The summed E-state index contributed by atoms with van der Waals surface area (Å²) in [5.74, 6) is -0.173. The minimum Gasteiger partial charge on any atom is -0.348 e. The Morgan fingerprint density at radius 3 is 2.07 bits per heavy atom. The molecule has 2 heterocycles. The Kier molecular flexibility index (Phi) is 3.27. The van der Waals surface area contributed by atoms with Crippen LogP contribution in [0.2, 0.25) is 0 Å². The largest absolute Gasteiger partial charge is 0.348 e. The van der Waals surface area contributed by atoms with E-state index < -0.39 is 0 Å². The summed E-state index contributed by atoms with van der Waals surface area (Å²) >= 11 is 0. The van der Waals surface area contributed by atoms with E-state index >= 15 is 0 Å². The fourth-order valence-electron chi connectivity index (χ4n) is 3.17. The summed E-state index contributed by atoms with van der Waals surface area (Å²) in [6.45, 7) is 4.01. The van der Waals surface area contributed by atoms with Crippen molar-refractivity contribution in [2.45, 2.75) is 37.9 Å². The van der Waals surface area contributed by atoms with Crippen molar-refractivity contribution in [3.8, 4) is 0 Å². The standard InChI is InChI=1S/C11H19NO2.ClH/c1-3-11(13-7-8-14-11)4-2-10(1)5-6-12-9-10;/h12H,1-9H2;1H. The highest BCUT2D eigenvalue weighted by atomic mass is 35.5. The molecule has 0 aromatic heterocycles. The molecule has 3 nitrogen and oxygen atoms in total. The number of rotatable bonds is 0. The molecule has 3 aliphatic rings. The highest BCUT2D eigenvalue weighted by Crippen LogP contribution is 2.47. The zero-order valence-electron chi connectivity index (χ0n) is 9.09. The number of hydrogen-bond donors (Lipinski definition) is 1. The van der Waals surface area contributed by atoms with Crippen LogP contribution in [0.4, 0.5) is 0 Å². The molecule has 0 aromatic carbocycles. The van der Waals surface area contributed by atoms with Gasteiger partial charge in [-0.3, -0.25) is 0 Å². The van der Waals surface area contributed by atoms with E-state index in [9.17, 15) is 0 Å². The van der Waals surface area contributed by atoms with Crippen molar-refractivity contribution in [3.05, 3.63) is 0 Å². The van der Waals surface area contributed by atoms with Gasteiger partial charge in [0.15, 0.2) is 5.79 Å². The lowest BCUT2D eigenvalue weighted by atomic mass is 9.71. The molecule has 0 bridgehead atoms. The van der Waals surface area contributed by atoms with E-state index in [0.29, 0.717) is 5.41 Å². The molecule has 15 heavy (non-hydrogen) atoms. The van der Waals surface area contributed by atoms with Gasteiger partial charge in [0.1, 0.15) is 0 Å². The van der Waals surface area contributed by atoms with Gasteiger partial charge in [-0.2, -0.15) is 0 Å². The molecule has 3 fully saturated rings. The van der Waals surface area contributed by atoms with Gasteiger partial charge in [0.25, 0.3) is 0 Å². The van der Waals surface area contributed by atoms with Crippen molar-refractivity contribution >= 4 is 12.4 Å². The molecule has 88 valence electrons. The predicted molar refractivity (Wildman–Crippen MR) is 60.3 cm³/mol. The van der Waals surface area contributed by atoms with E-state index in [1.807, 2.05) is 0 Å². The lowest BCUT2D eigenvalue weighted by molar-refractivity contribution is -0.190. The minimum absolute atomic E-state index is 0. The minimum atomic E-state index is -0.173. The van der Waals surface area contributed by atoms with E-state index in [2.05, 4.69) is 5.32 Å². The van der Waals surface area contributed by atoms with E-state index in [-0.39, 0.29) is 18.2 Å². The van der Waals surface area contributed by atoms with E-state index in [0.717, 1.165) is 26.1 Å². The molecule has 2 aliphatic heterocycles. The van der Waals surface area contributed by atoms with Gasteiger partial charge in [0.05, 0.1) is 13.2 Å². The Balaban J connectivity index is 0.000000853. The van der Waals surface area contributed by atoms with Crippen molar-refractivity contribution in [1.29, 1.82) is 0 Å². The maximum absolute atomic E-state index is 5.74. The SMILES string of the molecule is C1CC2(CCC3(CC2)OCCO3)CN1.Cl. The molecule has 0 atom stereocenters. The maximum atomic E-state index is 5.74. The fourth-order valence-corrected chi connectivity index (χ4v) is 3.17. The second-order valence-corrected chi connectivity index (χ2v) is 5.03. The second kappa shape index (κ2) is 4.21. The molecular weight excluding hydrogens is 214 g/mol. The number of halogens is 1. The van der Waals surface area contributed by atoms with Gasteiger partial charge in [0.2, 0.25) is 0 Å². The molecule has 0 radical (unpaired) electrons. The van der Waals surface area contributed by atoms with Crippen LogP contribution >= 0.6 is 12.4 Å². The summed E-state index contributed by atoms with van der Waals surface area (Å²) in [6, 6.07) is 0. The quantitative estimate of drug-likeness (QED) is 0.691. The Labute approximate surface area is 97.3 Å². The lowest BCUT2D eigenvalue weighted by Gasteiger charge is -2.41. The second-order valence-electron chi connectivity index (χ2n) is 5.03. The van der Waals surface area contributed by atoms with Gasteiger partial charge in [0, 0.05) is 19.4 Å². The third-order valence-electron chi connectivity index (χ3n) is 4.22. The third kappa shape index (κ3) is 2.03. The number of hydrogen-bond acceptors (Lipinski definition) is 3. The summed E-state index contributed by atoms with van der Waals surface area (Å²) in [7, 11) is 0. The Bertz CT molecular complexity index is 187. The Morgan fingerprint density at radius 1 is 0.867 bits per heavy atom. The average molecular weight is 234 g/mol. The first kappa shape index (κ1) is 11.6. The number of ether oxygens (including phenoxy) is 2. The highest BCUT2D eigenvalue weighted by molar-refractivity contribution is 5.85. The number of nitrogens with one attached hydrogen (secondary N) is 1. The molecule has 1 aliphatic carbocycles. The van der Waals surface area contributed by atoms with Crippen LogP contribution in [0.3, 0.4) is 0 Å². The molecule has 0 amide bonds. The highest BCUT2D eigenvalue weighted by Gasteiger charge is 2.46. The van der Waals surface area contributed by atoms with Crippen molar-refractivity contribution in [2.75, 3.05) is 26.3 Å². The van der Waals surface area contributed by atoms with Gasteiger partial charge < -0.3 is 14.8 Å². The van der Waals surface area contributed by atoms with Crippen LogP contribution < -0.4 is 5.32 Å². The van der Waals surface area contributed by atoms with E-state index in [1.165, 1.54) is 32.4 Å². The van der Waals surface area contributed by atoms with Gasteiger partial charge in [-0.1, -0.05) is 0 Å².